The molecule has 2 heterocycles. The quantitative estimate of drug-likeness (QED) is 0.458. The highest BCUT2D eigenvalue weighted by atomic mass is 16.2. The van der Waals surface area contributed by atoms with Gasteiger partial charge in [-0.1, -0.05) is 18.2 Å². The van der Waals surface area contributed by atoms with E-state index in [1.807, 2.05) is 24.3 Å². The SMILES string of the molecule is NC(=O)Cc1c(C(=O)NCc2cc(=O)[nH][nH]2)[nH]c2ccccc12. The molecule has 8 nitrogen and oxygen atoms in total. The van der Waals surface area contributed by atoms with E-state index in [0.29, 0.717) is 17.0 Å². The average molecular weight is 313 g/mol. The van der Waals surface area contributed by atoms with Crippen molar-refractivity contribution in [1.82, 2.24) is 20.5 Å². The maximum atomic E-state index is 12.4. The molecule has 3 aromatic rings. The highest BCUT2D eigenvalue weighted by Gasteiger charge is 2.18. The van der Waals surface area contributed by atoms with Crippen molar-refractivity contribution in [2.75, 3.05) is 0 Å². The topological polar surface area (TPSA) is 137 Å². The minimum atomic E-state index is -0.515. The largest absolute Gasteiger partial charge is 0.369 e. The van der Waals surface area contributed by atoms with E-state index in [-0.39, 0.29) is 24.4 Å². The van der Waals surface area contributed by atoms with Crippen molar-refractivity contribution in [2.45, 2.75) is 13.0 Å². The first-order valence-electron chi connectivity index (χ1n) is 6.97. The summed E-state index contributed by atoms with van der Waals surface area (Å²) < 4.78 is 0. The zero-order chi connectivity index (χ0) is 16.4. The van der Waals surface area contributed by atoms with Crippen LogP contribution in [0.5, 0.6) is 0 Å². The number of carbonyl (C=O) groups is 2. The number of H-pyrrole nitrogens is 3. The van der Waals surface area contributed by atoms with Crippen molar-refractivity contribution in [1.29, 1.82) is 0 Å². The van der Waals surface area contributed by atoms with E-state index in [9.17, 15) is 14.4 Å². The molecule has 0 aliphatic carbocycles. The molecule has 2 aromatic heterocycles. The molecule has 6 N–H and O–H groups in total. The molecule has 1 aromatic carbocycles. The molecule has 23 heavy (non-hydrogen) atoms. The van der Waals surface area contributed by atoms with Crippen LogP contribution in [0.3, 0.4) is 0 Å². The van der Waals surface area contributed by atoms with Crippen LogP contribution in [-0.2, 0) is 17.8 Å². The van der Waals surface area contributed by atoms with Gasteiger partial charge < -0.3 is 21.1 Å². The van der Waals surface area contributed by atoms with Crippen LogP contribution >= 0.6 is 0 Å². The number of aromatic amines is 3. The van der Waals surface area contributed by atoms with Crippen LogP contribution in [0.1, 0.15) is 21.7 Å². The van der Waals surface area contributed by atoms with Gasteiger partial charge in [0.2, 0.25) is 5.91 Å². The number of benzene rings is 1. The molecule has 8 heteroatoms. The molecule has 0 unspecified atom stereocenters. The van der Waals surface area contributed by atoms with E-state index >= 15 is 0 Å². The van der Waals surface area contributed by atoms with Gasteiger partial charge in [0.05, 0.1) is 18.7 Å². The van der Waals surface area contributed by atoms with Crippen LogP contribution < -0.4 is 16.6 Å². The zero-order valence-electron chi connectivity index (χ0n) is 12.1. The minimum Gasteiger partial charge on any atom is -0.369 e. The van der Waals surface area contributed by atoms with Crippen LogP contribution in [-0.4, -0.2) is 27.0 Å². The van der Waals surface area contributed by atoms with Gasteiger partial charge in [-0.3, -0.25) is 19.5 Å². The predicted octanol–water partition coefficient (Wildman–Crippen LogP) is 0.142. The summed E-state index contributed by atoms with van der Waals surface area (Å²) in [6.07, 6.45) is -0.0340. The number of nitrogens with one attached hydrogen (secondary N) is 4. The van der Waals surface area contributed by atoms with Crippen LogP contribution in [0, 0.1) is 0 Å². The fourth-order valence-corrected chi connectivity index (χ4v) is 2.48. The number of amides is 2. The van der Waals surface area contributed by atoms with Gasteiger partial charge in [0.15, 0.2) is 0 Å². The van der Waals surface area contributed by atoms with E-state index < -0.39 is 5.91 Å². The summed E-state index contributed by atoms with van der Waals surface area (Å²) in [5.41, 5.74) is 7.18. The Hall–Kier alpha value is -3.29. The number of hydrogen-bond acceptors (Lipinski definition) is 3. The molecular weight excluding hydrogens is 298 g/mol. The van der Waals surface area contributed by atoms with E-state index in [4.69, 9.17) is 5.73 Å². The molecule has 0 aliphatic heterocycles. The standard InChI is InChI=1S/C15H15N5O3/c16-12(21)6-10-9-3-1-2-4-11(9)18-14(10)15(23)17-7-8-5-13(22)20-19-8/h1-5,18H,6-7H2,(H2,16,21)(H,17,23)(H2,19,20,22). The number of rotatable bonds is 5. The Morgan fingerprint density at radius 3 is 2.65 bits per heavy atom. The molecule has 118 valence electrons. The van der Waals surface area contributed by atoms with Crippen LogP contribution in [0.4, 0.5) is 0 Å². The van der Waals surface area contributed by atoms with Crippen molar-refractivity contribution in [2.24, 2.45) is 5.73 Å². The second-order valence-corrected chi connectivity index (χ2v) is 5.13. The van der Waals surface area contributed by atoms with Crippen LogP contribution in [0.15, 0.2) is 35.1 Å². The maximum absolute atomic E-state index is 12.4. The third-order valence-electron chi connectivity index (χ3n) is 3.48. The molecule has 0 aliphatic rings. The number of hydrogen-bond donors (Lipinski definition) is 5. The smallest absolute Gasteiger partial charge is 0.268 e. The number of fused-ring (bicyclic) bond motifs is 1. The second kappa shape index (κ2) is 5.84. The summed E-state index contributed by atoms with van der Waals surface area (Å²) in [7, 11) is 0. The van der Waals surface area contributed by atoms with Crippen LogP contribution in [0.25, 0.3) is 10.9 Å². The van der Waals surface area contributed by atoms with E-state index in [0.717, 1.165) is 10.9 Å². The van der Waals surface area contributed by atoms with Crippen LogP contribution in [0.2, 0.25) is 0 Å². The highest BCUT2D eigenvalue weighted by Crippen LogP contribution is 2.22. The van der Waals surface area contributed by atoms with Gasteiger partial charge in [-0.2, -0.15) is 0 Å². The Morgan fingerprint density at radius 1 is 1.17 bits per heavy atom. The normalized spacial score (nSPS) is 10.8. The molecule has 2 amide bonds. The molecule has 0 saturated carbocycles. The van der Waals surface area contributed by atoms with Crippen molar-refractivity contribution in [3.8, 4) is 0 Å². The Kier molecular flexibility index (Phi) is 3.71. The molecule has 0 bridgehead atoms. The molecule has 0 saturated heterocycles. The fraction of sp³-hybridized carbons (Fsp3) is 0.133. The van der Waals surface area contributed by atoms with Gasteiger partial charge in [0.1, 0.15) is 5.69 Å². The lowest BCUT2D eigenvalue weighted by molar-refractivity contribution is -0.117. The first-order valence-corrected chi connectivity index (χ1v) is 6.97. The summed E-state index contributed by atoms with van der Waals surface area (Å²) in [6.45, 7) is 0.156. The molecule has 0 fully saturated rings. The lowest BCUT2D eigenvalue weighted by Gasteiger charge is -2.04. The van der Waals surface area contributed by atoms with Gasteiger partial charge in [0, 0.05) is 17.0 Å². The summed E-state index contributed by atoms with van der Waals surface area (Å²) >= 11 is 0. The van der Waals surface area contributed by atoms with Gasteiger partial charge >= 0.3 is 0 Å². The van der Waals surface area contributed by atoms with E-state index in [1.54, 1.807) is 0 Å². The number of para-hydroxylation sites is 1. The minimum absolute atomic E-state index is 0.0340. The molecule has 0 radical (unpaired) electrons. The van der Waals surface area contributed by atoms with Gasteiger partial charge in [0.25, 0.3) is 11.5 Å². The van der Waals surface area contributed by atoms with Crippen molar-refractivity contribution in [3.05, 3.63) is 57.6 Å². The number of nitrogens with two attached hydrogens (primary N) is 1. The first-order chi connectivity index (χ1) is 11.0. The maximum Gasteiger partial charge on any atom is 0.268 e. The molecule has 3 rings (SSSR count). The van der Waals surface area contributed by atoms with E-state index in [1.165, 1.54) is 6.07 Å². The van der Waals surface area contributed by atoms with Crippen molar-refractivity contribution >= 4 is 22.7 Å². The Labute approximate surface area is 130 Å². The molecular formula is C15H15N5O3. The monoisotopic (exact) mass is 313 g/mol. The van der Waals surface area contributed by atoms with E-state index in [2.05, 4.69) is 20.5 Å². The third kappa shape index (κ3) is 3.00. The lowest BCUT2D eigenvalue weighted by atomic mass is 10.1. The zero-order valence-corrected chi connectivity index (χ0v) is 12.1. The summed E-state index contributed by atoms with van der Waals surface area (Å²) in [6, 6.07) is 8.66. The summed E-state index contributed by atoms with van der Waals surface area (Å²) in [5.74, 6) is -0.890. The third-order valence-corrected chi connectivity index (χ3v) is 3.48. The van der Waals surface area contributed by atoms with Crippen molar-refractivity contribution in [3.63, 3.8) is 0 Å². The van der Waals surface area contributed by atoms with Crippen molar-refractivity contribution < 1.29 is 9.59 Å². The Bertz CT molecular complexity index is 934. The van der Waals surface area contributed by atoms with Gasteiger partial charge in [-0.05, 0) is 11.6 Å². The van der Waals surface area contributed by atoms with Gasteiger partial charge in [-0.25, -0.2) is 0 Å². The fourth-order valence-electron chi connectivity index (χ4n) is 2.48. The summed E-state index contributed by atoms with van der Waals surface area (Å²) in [5, 5.41) is 8.51. The molecule has 0 spiro atoms. The lowest BCUT2D eigenvalue weighted by Crippen LogP contribution is -2.25. The Balaban J connectivity index is 1.89. The number of carbonyl (C=O) groups excluding carboxylic acids is 2. The highest BCUT2D eigenvalue weighted by molar-refractivity contribution is 6.02. The first kappa shape index (κ1) is 14.6. The number of primary amides is 1. The number of aromatic nitrogens is 3. The van der Waals surface area contributed by atoms with Gasteiger partial charge in [-0.15, -0.1) is 0 Å². The molecule has 0 atom stereocenters. The second-order valence-electron chi connectivity index (χ2n) is 5.13. The summed E-state index contributed by atoms with van der Waals surface area (Å²) in [4.78, 5) is 37.8. The average Bonchev–Trinajstić information content (AvgIpc) is 3.09. The predicted molar refractivity (Wildman–Crippen MR) is 83.8 cm³/mol. The Morgan fingerprint density at radius 2 is 1.96 bits per heavy atom.